The molecule has 0 amide bonds. The predicted molar refractivity (Wildman–Crippen MR) is 61.9 cm³/mol. The standard InChI is InChI=1S/C13H22/c1-4-7-8-9-12-13(10-5-2)11-6-3/h5-6,11-12H,2,4,7-10H2,1,3H3/b11-6+,13-12+. The third-order valence-electron chi connectivity index (χ3n) is 1.97. The molecule has 0 heteroatoms. The van der Waals surface area contributed by atoms with Crippen molar-refractivity contribution in [3.8, 4) is 0 Å². The van der Waals surface area contributed by atoms with Gasteiger partial charge in [-0.15, -0.1) is 6.58 Å². The van der Waals surface area contributed by atoms with E-state index in [1.165, 1.54) is 31.3 Å². The van der Waals surface area contributed by atoms with Gasteiger partial charge in [0.15, 0.2) is 0 Å². The van der Waals surface area contributed by atoms with Crippen LogP contribution in [0.2, 0.25) is 0 Å². The van der Waals surface area contributed by atoms with Gasteiger partial charge in [-0.2, -0.15) is 0 Å². The number of hydrogen-bond donors (Lipinski definition) is 0. The number of hydrogen-bond acceptors (Lipinski definition) is 0. The van der Waals surface area contributed by atoms with Crippen LogP contribution in [0.3, 0.4) is 0 Å². The maximum absolute atomic E-state index is 3.75. The van der Waals surface area contributed by atoms with E-state index in [0.717, 1.165) is 6.42 Å². The van der Waals surface area contributed by atoms with Gasteiger partial charge in [0.25, 0.3) is 0 Å². The molecule has 0 aromatic carbocycles. The van der Waals surface area contributed by atoms with Gasteiger partial charge in [0, 0.05) is 0 Å². The van der Waals surface area contributed by atoms with Crippen LogP contribution in [-0.2, 0) is 0 Å². The van der Waals surface area contributed by atoms with E-state index in [-0.39, 0.29) is 0 Å². The van der Waals surface area contributed by atoms with E-state index in [1.54, 1.807) is 0 Å². The summed E-state index contributed by atoms with van der Waals surface area (Å²) in [4.78, 5) is 0. The fourth-order valence-electron chi connectivity index (χ4n) is 1.28. The zero-order chi connectivity index (χ0) is 9.94. The van der Waals surface area contributed by atoms with Crippen molar-refractivity contribution in [1.29, 1.82) is 0 Å². The summed E-state index contributed by atoms with van der Waals surface area (Å²) in [6.45, 7) is 8.05. The van der Waals surface area contributed by atoms with E-state index in [4.69, 9.17) is 0 Å². The summed E-state index contributed by atoms with van der Waals surface area (Å²) in [5.74, 6) is 0. The number of rotatable bonds is 7. The molecule has 0 aromatic rings. The molecular formula is C13H22. The maximum atomic E-state index is 3.75. The second-order valence-corrected chi connectivity index (χ2v) is 3.27. The van der Waals surface area contributed by atoms with Crippen molar-refractivity contribution >= 4 is 0 Å². The molecule has 0 aliphatic carbocycles. The first-order valence-electron chi connectivity index (χ1n) is 5.27. The molecular weight excluding hydrogens is 156 g/mol. The summed E-state index contributed by atoms with van der Waals surface area (Å²) >= 11 is 0. The highest BCUT2D eigenvalue weighted by Gasteiger charge is 1.88. The minimum absolute atomic E-state index is 0.996. The molecule has 0 saturated carbocycles. The second kappa shape index (κ2) is 9.31. The van der Waals surface area contributed by atoms with Crippen molar-refractivity contribution in [2.24, 2.45) is 0 Å². The lowest BCUT2D eigenvalue weighted by atomic mass is 10.1. The van der Waals surface area contributed by atoms with Crippen molar-refractivity contribution in [2.75, 3.05) is 0 Å². The van der Waals surface area contributed by atoms with Crippen LogP contribution in [0.25, 0.3) is 0 Å². The lowest BCUT2D eigenvalue weighted by molar-refractivity contribution is 0.727. The molecule has 0 aromatic heterocycles. The molecule has 0 fully saturated rings. The number of unbranched alkanes of at least 4 members (excludes halogenated alkanes) is 3. The van der Waals surface area contributed by atoms with Crippen molar-refractivity contribution in [3.63, 3.8) is 0 Å². The molecule has 0 unspecified atom stereocenters. The zero-order valence-electron chi connectivity index (χ0n) is 9.05. The van der Waals surface area contributed by atoms with E-state index >= 15 is 0 Å². The normalized spacial score (nSPS) is 12.3. The molecule has 0 radical (unpaired) electrons. The van der Waals surface area contributed by atoms with Gasteiger partial charge in [-0.1, -0.05) is 44.1 Å². The summed E-state index contributed by atoms with van der Waals surface area (Å²) in [6.07, 6.45) is 14.7. The van der Waals surface area contributed by atoms with Gasteiger partial charge in [-0.05, 0) is 31.8 Å². The highest BCUT2D eigenvalue weighted by atomic mass is 13.9. The molecule has 0 bridgehead atoms. The van der Waals surface area contributed by atoms with E-state index in [9.17, 15) is 0 Å². The van der Waals surface area contributed by atoms with Crippen LogP contribution in [0.1, 0.15) is 46.0 Å². The summed E-state index contributed by atoms with van der Waals surface area (Å²) in [6, 6.07) is 0. The van der Waals surface area contributed by atoms with Crippen LogP contribution >= 0.6 is 0 Å². The molecule has 13 heavy (non-hydrogen) atoms. The Hall–Kier alpha value is -0.780. The average molecular weight is 178 g/mol. The lowest BCUT2D eigenvalue weighted by Crippen LogP contribution is -1.77. The molecule has 0 rings (SSSR count). The first-order valence-corrected chi connectivity index (χ1v) is 5.27. The fraction of sp³-hybridized carbons (Fsp3) is 0.538. The molecule has 0 saturated heterocycles. The average Bonchev–Trinajstić information content (AvgIpc) is 2.13. The topological polar surface area (TPSA) is 0 Å². The van der Waals surface area contributed by atoms with Gasteiger partial charge in [-0.25, -0.2) is 0 Å². The van der Waals surface area contributed by atoms with E-state index in [2.05, 4.69) is 38.7 Å². The van der Waals surface area contributed by atoms with Crippen molar-refractivity contribution in [2.45, 2.75) is 46.0 Å². The van der Waals surface area contributed by atoms with Crippen LogP contribution in [0, 0.1) is 0 Å². The van der Waals surface area contributed by atoms with Gasteiger partial charge in [0.2, 0.25) is 0 Å². The minimum atomic E-state index is 0.996. The molecule has 74 valence electrons. The Balaban J connectivity index is 3.81. The van der Waals surface area contributed by atoms with Crippen molar-refractivity contribution in [3.05, 3.63) is 36.5 Å². The van der Waals surface area contributed by atoms with Gasteiger partial charge >= 0.3 is 0 Å². The van der Waals surface area contributed by atoms with Crippen LogP contribution < -0.4 is 0 Å². The monoisotopic (exact) mass is 178 g/mol. The van der Waals surface area contributed by atoms with Crippen molar-refractivity contribution < 1.29 is 0 Å². The van der Waals surface area contributed by atoms with Gasteiger partial charge in [0.1, 0.15) is 0 Å². The first-order chi connectivity index (χ1) is 6.35. The van der Waals surface area contributed by atoms with E-state index in [0.29, 0.717) is 0 Å². The van der Waals surface area contributed by atoms with Crippen LogP contribution in [0.4, 0.5) is 0 Å². The molecule has 0 aliphatic rings. The highest BCUT2D eigenvalue weighted by Crippen LogP contribution is 2.08. The Morgan fingerprint density at radius 2 is 2.08 bits per heavy atom. The van der Waals surface area contributed by atoms with Crippen LogP contribution in [0.15, 0.2) is 36.5 Å². The minimum Gasteiger partial charge on any atom is -0.103 e. The highest BCUT2D eigenvalue weighted by molar-refractivity contribution is 5.20. The molecule has 0 atom stereocenters. The summed E-state index contributed by atoms with van der Waals surface area (Å²) in [5.41, 5.74) is 1.40. The largest absolute Gasteiger partial charge is 0.103 e. The molecule has 0 aliphatic heterocycles. The Kier molecular flexibility index (Phi) is 8.75. The van der Waals surface area contributed by atoms with Gasteiger partial charge in [-0.3, -0.25) is 0 Å². The van der Waals surface area contributed by atoms with E-state index in [1.807, 2.05) is 6.08 Å². The van der Waals surface area contributed by atoms with Gasteiger partial charge < -0.3 is 0 Å². The first kappa shape index (κ1) is 12.2. The number of allylic oxidation sites excluding steroid dienone is 5. The predicted octanol–water partition coefficient (Wildman–Crippen LogP) is 4.65. The van der Waals surface area contributed by atoms with Crippen molar-refractivity contribution in [1.82, 2.24) is 0 Å². The summed E-state index contributed by atoms with van der Waals surface area (Å²) in [5, 5.41) is 0. The third kappa shape index (κ3) is 7.58. The third-order valence-corrected chi connectivity index (χ3v) is 1.97. The lowest BCUT2D eigenvalue weighted by Gasteiger charge is -1.98. The quantitative estimate of drug-likeness (QED) is 0.302. The van der Waals surface area contributed by atoms with Crippen LogP contribution in [0.5, 0.6) is 0 Å². The Morgan fingerprint density at radius 3 is 2.62 bits per heavy atom. The maximum Gasteiger partial charge on any atom is -0.0103 e. The molecule has 0 heterocycles. The fourth-order valence-corrected chi connectivity index (χ4v) is 1.28. The zero-order valence-corrected chi connectivity index (χ0v) is 9.05. The van der Waals surface area contributed by atoms with Crippen LogP contribution in [-0.4, -0.2) is 0 Å². The Morgan fingerprint density at radius 1 is 1.31 bits per heavy atom. The second-order valence-electron chi connectivity index (χ2n) is 3.27. The summed E-state index contributed by atoms with van der Waals surface area (Å²) in [7, 11) is 0. The SMILES string of the molecule is C=CCC(/C=C/C)=C\CCCCC. The Bertz CT molecular complexity index is 172. The van der Waals surface area contributed by atoms with Gasteiger partial charge in [0.05, 0.1) is 0 Å². The Labute approximate surface area is 83.0 Å². The smallest absolute Gasteiger partial charge is 0.0103 e. The molecule has 0 N–H and O–H groups in total. The van der Waals surface area contributed by atoms with E-state index < -0.39 is 0 Å². The summed E-state index contributed by atoms with van der Waals surface area (Å²) < 4.78 is 0. The molecule has 0 nitrogen and oxygen atoms in total. The molecule has 0 spiro atoms.